The standard InChI is InChI=1S/C12H10F4N4O2S/c13-10(14)21-7-2-1-6(3-8(7)22-11(15)16)4-18-20-12-19-9(17)5-23-12/h1-5,10-11H,17H2,(H,19,20). The van der Waals surface area contributed by atoms with Crippen molar-refractivity contribution in [3.05, 3.63) is 29.1 Å². The highest BCUT2D eigenvalue weighted by Gasteiger charge is 2.14. The maximum absolute atomic E-state index is 12.3. The number of rotatable bonds is 7. The fraction of sp³-hybridized carbons (Fsp3) is 0.167. The van der Waals surface area contributed by atoms with Crippen LogP contribution in [0.25, 0.3) is 0 Å². The number of ether oxygens (including phenoxy) is 2. The first kappa shape index (κ1) is 16.8. The number of nitrogens with one attached hydrogen (secondary N) is 1. The number of nitrogens with two attached hydrogens (primary N) is 1. The van der Waals surface area contributed by atoms with E-state index in [1.807, 2.05) is 0 Å². The lowest BCUT2D eigenvalue weighted by Crippen LogP contribution is -2.08. The lowest BCUT2D eigenvalue weighted by molar-refractivity contribution is -0.0692. The van der Waals surface area contributed by atoms with E-state index < -0.39 is 24.7 Å². The van der Waals surface area contributed by atoms with E-state index in [0.717, 1.165) is 12.1 Å². The number of halogens is 4. The molecule has 11 heteroatoms. The average molecular weight is 350 g/mol. The second-order valence-corrected chi connectivity index (χ2v) is 4.77. The molecule has 23 heavy (non-hydrogen) atoms. The summed E-state index contributed by atoms with van der Waals surface area (Å²) < 4.78 is 57.3. The zero-order valence-electron chi connectivity index (χ0n) is 11.2. The molecule has 0 bridgehead atoms. The minimum atomic E-state index is -3.18. The van der Waals surface area contributed by atoms with Crippen LogP contribution < -0.4 is 20.6 Å². The van der Waals surface area contributed by atoms with Gasteiger partial charge < -0.3 is 15.2 Å². The van der Waals surface area contributed by atoms with Crippen molar-refractivity contribution in [3.63, 3.8) is 0 Å². The third-order valence-corrected chi connectivity index (χ3v) is 3.06. The molecule has 0 amide bonds. The molecule has 1 aromatic heterocycles. The summed E-state index contributed by atoms with van der Waals surface area (Å²) >= 11 is 1.22. The van der Waals surface area contributed by atoms with Gasteiger partial charge in [-0.05, 0) is 23.8 Å². The highest BCUT2D eigenvalue weighted by molar-refractivity contribution is 7.14. The molecule has 1 heterocycles. The molecule has 0 saturated heterocycles. The molecule has 0 aliphatic carbocycles. The van der Waals surface area contributed by atoms with Gasteiger partial charge in [-0.3, -0.25) is 5.43 Å². The van der Waals surface area contributed by atoms with Crippen LogP contribution in [0.5, 0.6) is 11.5 Å². The second-order valence-electron chi connectivity index (χ2n) is 3.91. The molecule has 124 valence electrons. The van der Waals surface area contributed by atoms with Crippen molar-refractivity contribution in [2.45, 2.75) is 13.2 Å². The Bertz CT molecular complexity index is 681. The number of anilines is 2. The van der Waals surface area contributed by atoms with Gasteiger partial charge in [-0.25, -0.2) is 4.98 Å². The predicted octanol–water partition coefficient (Wildman–Crippen LogP) is 3.37. The van der Waals surface area contributed by atoms with Crippen LogP contribution in [0.15, 0.2) is 28.7 Å². The van der Waals surface area contributed by atoms with Crippen LogP contribution >= 0.6 is 11.3 Å². The lowest BCUT2D eigenvalue weighted by Gasteiger charge is -2.11. The summed E-state index contributed by atoms with van der Waals surface area (Å²) in [5, 5.41) is 5.85. The predicted molar refractivity (Wildman–Crippen MR) is 77.4 cm³/mol. The van der Waals surface area contributed by atoms with Crippen LogP contribution in [0.2, 0.25) is 0 Å². The zero-order valence-corrected chi connectivity index (χ0v) is 12.1. The van der Waals surface area contributed by atoms with Crippen molar-refractivity contribution in [2.75, 3.05) is 11.2 Å². The monoisotopic (exact) mass is 350 g/mol. The average Bonchev–Trinajstić information content (AvgIpc) is 2.86. The lowest BCUT2D eigenvalue weighted by atomic mass is 10.2. The third kappa shape index (κ3) is 5.29. The Balaban J connectivity index is 2.12. The first-order valence-corrected chi connectivity index (χ1v) is 6.86. The van der Waals surface area contributed by atoms with Gasteiger partial charge in [0, 0.05) is 5.38 Å². The molecule has 3 N–H and O–H groups in total. The number of nitrogen functional groups attached to an aromatic ring is 1. The molecule has 2 rings (SSSR count). The highest BCUT2D eigenvalue weighted by atomic mass is 32.1. The van der Waals surface area contributed by atoms with E-state index in [-0.39, 0.29) is 0 Å². The number of nitrogens with zero attached hydrogens (tertiary/aromatic N) is 2. The highest BCUT2D eigenvalue weighted by Crippen LogP contribution is 2.30. The summed E-state index contributed by atoms with van der Waals surface area (Å²) in [5.41, 5.74) is 8.33. The van der Waals surface area contributed by atoms with Crippen LogP contribution in [0.4, 0.5) is 28.5 Å². The first-order valence-electron chi connectivity index (χ1n) is 5.98. The number of aromatic nitrogens is 1. The fourth-order valence-electron chi connectivity index (χ4n) is 1.49. The number of hydrazone groups is 1. The number of hydrogen-bond acceptors (Lipinski definition) is 7. The minimum Gasteiger partial charge on any atom is -0.431 e. The zero-order chi connectivity index (χ0) is 16.8. The van der Waals surface area contributed by atoms with E-state index in [1.165, 1.54) is 23.6 Å². The number of thiazole rings is 1. The molecular weight excluding hydrogens is 340 g/mol. The molecule has 0 fully saturated rings. The second kappa shape index (κ2) is 7.63. The first-order chi connectivity index (χ1) is 10.9. The summed E-state index contributed by atoms with van der Waals surface area (Å²) in [6, 6.07) is 3.51. The van der Waals surface area contributed by atoms with Crippen molar-refractivity contribution in [1.29, 1.82) is 0 Å². The van der Waals surface area contributed by atoms with Crippen molar-refractivity contribution < 1.29 is 27.0 Å². The molecule has 0 aliphatic heterocycles. The molecular formula is C12H10F4N4O2S. The largest absolute Gasteiger partial charge is 0.431 e. The Labute approximate surface area is 131 Å². The number of alkyl halides is 4. The van der Waals surface area contributed by atoms with Crippen molar-refractivity contribution in [3.8, 4) is 11.5 Å². The Morgan fingerprint density at radius 3 is 2.48 bits per heavy atom. The normalized spacial score (nSPS) is 11.4. The minimum absolute atomic E-state index is 0.319. The molecule has 1 aromatic carbocycles. The summed E-state index contributed by atoms with van der Waals surface area (Å²) in [6.45, 7) is -6.34. The van der Waals surface area contributed by atoms with Crippen LogP contribution in [-0.4, -0.2) is 24.4 Å². The van der Waals surface area contributed by atoms with Gasteiger partial charge in [0.25, 0.3) is 0 Å². The van der Waals surface area contributed by atoms with Gasteiger partial charge in [-0.2, -0.15) is 22.7 Å². The molecule has 0 unspecified atom stereocenters. The molecule has 2 aromatic rings. The third-order valence-electron chi connectivity index (χ3n) is 2.30. The molecule has 0 atom stereocenters. The Kier molecular flexibility index (Phi) is 5.57. The molecule has 0 spiro atoms. The maximum Gasteiger partial charge on any atom is 0.387 e. The van der Waals surface area contributed by atoms with Gasteiger partial charge >= 0.3 is 13.2 Å². The fourth-order valence-corrected chi connectivity index (χ4v) is 2.03. The molecule has 6 nitrogen and oxygen atoms in total. The van der Waals surface area contributed by atoms with Gasteiger partial charge in [0.15, 0.2) is 11.5 Å². The van der Waals surface area contributed by atoms with Crippen LogP contribution in [-0.2, 0) is 0 Å². The van der Waals surface area contributed by atoms with Crippen molar-refractivity contribution in [2.24, 2.45) is 5.10 Å². The molecule has 0 radical (unpaired) electrons. The van der Waals surface area contributed by atoms with E-state index in [9.17, 15) is 17.6 Å². The Morgan fingerprint density at radius 1 is 1.17 bits per heavy atom. The smallest absolute Gasteiger partial charge is 0.387 e. The molecule has 0 aliphatic rings. The number of benzene rings is 1. The van der Waals surface area contributed by atoms with Crippen LogP contribution in [0.3, 0.4) is 0 Å². The van der Waals surface area contributed by atoms with E-state index in [1.54, 1.807) is 5.38 Å². The van der Waals surface area contributed by atoms with E-state index in [0.29, 0.717) is 16.5 Å². The maximum atomic E-state index is 12.3. The van der Waals surface area contributed by atoms with E-state index >= 15 is 0 Å². The van der Waals surface area contributed by atoms with Gasteiger partial charge in [0.2, 0.25) is 5.13 Å². The summed E-state index contributed by atoms with van der Waals surface area (Å²) in [5.74, 6) is -0.699. The van der Waals surface area contributed by atoms with Gasteiger partial charge in [-0.15, -0.1) is 11.3 Å². The number of hydrogen-bond donors (Lipinski definition) is 2. The Hall–Kier alpha value is -2.56. The van der Waals surface area contributed by atoms with Crippen LogP contribution in [0.1, 0.15) is 5.56 Å². The van der Waals surface area contributed by atoms with Gasteiger partial charge in [0.1, 0.15) is 5.82 Å². The summed E-state index contributed by atoms with van der Waals surface area (Å²) in [7, 11) is 0. The Morgan fingerprint density at radius 2 is 1.87 bits per heavy atom. The van der Waals surface area contributed by atoms with Gasteiger partial charge in [-0.1, -0.05) is 0 Å². The topological polar surface area (TPSA) is 81.8 Å². The van der Waals surface area contributed by atoms with Crippen molar-refractivity contribution >= 4 is 28.5 Å². The SMILES string of the molecule is Nc1csc(NN=Cc2ccc(OC(F)F)c(OC(F)F)c2)n1. The van der Waals surface area contributed by atoms with Crippen LogP contribution in [0, 0.1) is 0 Å². The van der Waals surface area contributed by atoms with Gasteiger partial charge in [0.05, 0.1) is 6.21 Å². The van der Waals surface area contributed by atoms with E-state index in [2.05, 4.69) is 25.0 Å². The van der Waals surface area contributed by atoms with E-state index in [4.69, 9.17) is 5.73 Å². The molecule has 0 saturated carbocycles. The quantitative estimate of drug-likeness (QED) is 0.454. The summed E-state index contributed by atoms with van der Waals surface area (Å²) in [4.78, 5) is 3.89. The van der Waals surface area contributed by atoms with Crippen molar-refractivity contribution in [1.82, 2.24) is 4.98 Å². The summed E-state index contributed by atoms with van der Waals surface area (Å²) in [6.07, 6.45) is 1.27.